The normalized spacial score (nSPS) is 10.7. The Bertz CT molecular complexity index is 502. The molecule has 0 saturated heterocycles. The number of carboxylic acids is 1. The number of aromatic nitrogens is 2. The number of carbonyl (C=O) groups is 1. The predicted molar refractivity (Wildman–Crippen MR) is 56.7 cm³/mol. The summed E-state index contributed by atoms with van der Waals surface area (Å²) in [5, 5.41) is 9.71. The van der Waals surface area contributed by atoms with Crippen LogP contribution in [-0.2, 0) is 17.8 Å². The van der Waals surface area contributed by atoms with E-state index in [1.54, 1.807) is 6.20 Å². The molecule has 0 unspecified atom stereocenters. The lowest BCUT2D eigenvalue weighted by Crippen LogP contribution is -1.99. The fourth-order valence-corrected chi connectivity index (χ4v) is 1.74. The molecule has 0 atom stereocenters. The van der Waals surface area contributed by atoms with Gasteiger partial charge in [-0.05, 0) is 24.6 Å². The minimum Gasteiger partial charge on any atom is -0.481 e. The number of aryl methyl sites for hydroxylation is 1. The molecule has 78 valence electrons. The molecule has 1 N–H and O–H groups in total. The molecule has 0 aliphatic rings. The van der Waals surface area contributed by atoms with E-state index in [0.29, 0.717) is 0 Å². The number of hydrogen-bond donors (Lipinski definition) is 1. The molecule has 2 aromatic rings. The Labute approximate surface area is 87.2 Å². The van der Waals surface area contributed by atoms with Gasteiger partial charge in [0.25, 0.3) is 0 Å². The van der Waals surface area contributed by atoms with Crippen LogP contribution in [0.4, 0.5) is 0 Å². The average Bonchev–Trinajstić information content (AvgIpc) is 2.56. The lowest BCUT2D eigenvalue weighted by atomic mass is 10.2. The number of carboxylic acid groups (broad SMARTS) is 1. The maximum absolute atomic E-state index is 10.7. The van der Waals surface area contributed by atoms with Gasteiger partial charge in [-0.2, -0.15) is 0 Å². The first-order chi connectivity index (χ1) is 7.22. The average molecular weight is 204 g/mol. The minimum absolute atomic E-state index is 0.0508. The van der Waals surface area contributed by atoms with Crippen molar-refractivity contribution in [3.05, 3.63) is 30.1 Å². The molecule has 0 amide bonds. The van der Waals surface area contributed by atoms with Crippen molar-refractivity contribution in [1.29, 1.82) is 0 Å². The van der Waals surface area contributed by atoms with Gasteiger partial charge in [-0.25, -0.2) is 4.98 Å². The van der Waals surface area contributed by atoms with Gasteiger partial charge in [0, 0.05) is 24.3 Å². The van der Waals surface area contributed by atoms with Crippen molar-refractivity contribution < 1.29 is 9.90 Å². The molecule has 15 heavy (non-hydrogen) atoms. The van der Waals surface area contributed by atoms with Crippen molar-refractivity contribution in [1.82, 2.24) is 9.55 Å². The van der Waals surface area contributed by atoms with Crippen molar-refractivity contribution in [3.8, 4) is 0 Å². The van der Waals surface area contributed by atoms with E-state index in [1.807, 2.05) is 29.8 Å². The van der Waals surface area contributed by atoms with E-state index in [-0.39, 0.29) is 6.42 Å². The number of pyridine rings is 1. The Morgan fingerprint density at radius 1 is 1.60 bits per heavy atom. The van der Waals surface area contributed by atoms with Gasteiger partial charge in [0.05, 0.1) is 6.42 Å². The van der Waals surface area contributed by atoms with Crippen LogP contribution < -0.4 is 0 Å². The number of hydrogen-bond acceptors (Lipinski definition) is 2. The van der Waals surface area contributed by atoms with Gasteiger partial charge in [-0.15, -0.1) is 0 Å². The van der Waals surface area contributed by atoms with Crippen molar-refractivity contribution in [2.45, 2.75) is 19.9 Å². The second kappa shape index (κ2) is 3.73. The molecule has 2 aromatic heterocycles. The highest BCUT2D eigenvalue weighted by atomic mass is 16.4. The van der Waals surface area contributed by atoms with E-state index < -0.39 is 5.97 Å². The number of rotatable bonds is 3. The third kappa shape index (κ3) is 1.70. The van der Waals surface area contributed by atoms with Gasteiger partial charge in [-0.1, -0.05) is 0 Å². The third-order valence-electron chi connectivity index (χ3n) is 2.40. The highest BCUT2D eigenvalue weighted by Crippen LogP contribution is 2.19. The quantitative estimate of drug-likeness (QED) is 0.827. The first kappa shape index (κ1) is 9.71. The van der Waals surface area contributed by atoms with Gasteiger partial charge in [0.15, 0.2) is 0 Å². The molecule has 0 fully saturated rings. The third-order valence-corrected chi connectivity index (χ3v) is 2.40. The molecule has 0 saturated carbocycles. The Morgan fingerprint density at radius 2 is 2.40 bits per heavy atom. The summed E-state index contributed by atoms with van der Waals surface area (Å²) in [5.41, 5.74) is 1.68. The van der Waals surface area contributed by atoms with Crippen molar-refractivity contribution in [2.75, 3.05) is 0 Å². The molecule has 0 bridgehead atoms. The fourth-order valence-electron chi connectivity index (χ4n) is 1.74. The minimum atomic E-state index is -0.811. The maximum Gasteiger partial charge on any atom is 0.307 e. The molecule has 2 heterocycles. The van der Waals surface area contributed by atoms with Crippen LogP contribution in [0.25, 0.3) is 11.0 Å². The first-order valence-electron chi connectivity index (χ1n) is 4.87. The molecule has 2 rings (SSSR count). The molecule has 0 radical (unpaired) electrons. The van der Waals surface area contributed by atoms with Gasteiger partial charge in [-0.3, -0.25) is 4.79 Å². The Balaban J connectivity index is 2.59. The molecular weight excluding hydrogens is 192 g/mol. The topological polar surface area (TPSA) is 55.1 Å². The zero-order valence-corrected chi connectivity index (χ0v) is 8.47. The van der Waals surface area contributed by atoms with Crippen LogP contribution in [0.15, 0.2) is 24.5 Å². The Hall–Kier alpha value is -1.84. The standard InChI is InChI=1S/C11H12N2O2/c1-2-13-7-8(6-10(14)15)9-4-3-5-12-11(9)13/h3-5,7H,2,6H2,1H3,(H,14,15). The van der Waals surface area contributed by atoms with E-state index in [1.165, 1.54) is 0 Å². The van der Waals surface area contributed by atoms with Crippen LogP contribution in [0.5, 0.6) is 0 Å². The molecular formula is C11H12N2O2. The summed E-state index contributed by atoms with van der Waals surface area (Å²) in [7, 11) is 0. The van der Waals surface area contributed by atoms with Gasteiger partial charge < -0.3 is 9.67 Å². The molecule has 0 aliphatic carbocycles. The van der Waals surface area contributed by atoms with Crippen LogP contribution in [0.2, 0.25) is 0 Å². The van der Waals surface area contributed by atoms with Gasteiger partial charge in [0.1, 0.15) is 5.65 Å². The van der Waals surface area contributed by atoms with Crippen LogP contribution in [0.3, 0.4) is 0 Å². The van der Waals surface area contributed by atoms with Gasteiger partial charge in [0.2, 0.25) is 0 Å². The zero-order valence-electron chi connectivity index (χ0n) is 8.47. The summed E-state index contributed by atoms with van der Waals surface area (Å²) in [6.07, 6.45) is 3.64. The van der Waals surface area contributed by atoms with E-state index in [0.717, 1.165) is 23.1 Å². The number of aliphatic carboxylic acids is 1. The van der Waals surface area contributed by atoms with Crippen LogP contribution in [0.1, 0.15) is 12.5 Å². The van der Waals surface area contributed by atoms with Crippen molar-refractivity contribution >= 4 is 17.0 Å². The second-order valence-corrected chi connectivity index (χ2v) is 3.39. The predicted octanol–water partition coefficient (Wildman–Crippen LogP) is 1.68. The largest absolute Gasteiger partial charge is 0.481 e. The summed E-state index contributed by atoms with van der Waals surface area (Å²) in [5.74, 6) is -0.811. The van der Waals surface area contributed by atoms with Crippen molar-refractivity contribution in [3.63, 3.8) is 0 Å². The summed E-state index contributed by atoms with van der Waals surface area (Å²) in [6.45, 7) is 2.81. The summed E-state index contributed by atoms with van der Waals surface area (Å²) < 4.78 is 1.97. The number of fused-ring (bicyclic) bond motifs is 1. The SMILES string of the molecule is CCn1cc(CC(=O)O)c2cccnc21. The lowest BCUT2D eigenvalue weighted by Gasteiger charge is -1.96. The molecule has 0 spiro atoms. The zero-order chi connectivity index (χ0) is 10.8. The fraction of sp³-hybridized carbons (Fsp3) is 0.273. The molecule has 4 nitrogen and oxygen atoms in total. The Kier molecular flexibility index (Phi) is 2.41. The lowest BCUT2D eigenvalue weighted by molar-refractivity contribution is -0.136. The van der Waals surface area contributed by atoms with E-state index >= 15 is 0 Å². The van der Waals surface area contributed by atoms with E-state index in [4.69, 9.17) is 5.11 Å². The molecule has 4 heteroatoms. The van der Waals surface area contributed by atoms with Crippen LogP contribution >= 0.6 is 0 Å². The maximum atomic E-state index is 10.7. The summed E-state index contributed by atoms with van der Waals surface area (Å²) >= 11 is 0. The van der Waals surface area contributed by atoms with Crippen LogP contribution in [-0.4, -0.2) is 20.6 Å². The highest BCUT2D eigenvalue weighted by molar-refractivity contribution is 5.84. The monoisotopic (exact) mass is 204 g/mol. The Morgan fingerprint density at radius 3 is 3.07 bits per heavy atom. The van der Waals surface area contributed by atoms with Crippen molar-refractivity contribution in [2.24, 2.45) is 0 Å². The highest BCUT2D eigenvalue weighted by Gasteiger charge is 2.10. The number of nitrogens with zero attached hydrogens (tertiary/aromatic N) is 2. The molecule has 0 aromatic carbocycles. The second-order valence-electron chi connectivity index (χ2n) is 3.39. The smallest absolute Gasteiger partial charge is 0.307 e. The summed E-state index contributed by atoms with van der Waals surface area (Å²) in [4.78, 5) is 14.9. The molecule has 0 aliphatic heterocycles. The van der Waals surface area contributed by atoms with E-state index in [2.05, 4.69) is 4.98 Å². The van der Waals surface area contributed by atoms with E-state index in [9.17, 15) is 4.79 Å². The first-order valence-corrected chi connectivity index (χ1v) is 4.87. The van der Waals surface area contributed by atoms with Crippen LogP contribution in [0, 0.1) is 0 Å². The van der Waals surface area contributed by atoms with Gasteiger partial charge >= 0.3 is 5.97 Å². The summed E-state index contributed by atoms with van der Waals surface area (Å²) in [6, 6.07) is 3.74.